The van der Waals surface area contributed by atoms with Crippen LogP contribution in [-0.2, 0) is 9.47 Å². The van der Waals surface area contributed by atoms with Crippen LogP contribution < -0.4 is 32.9 Å². The molecule has 3 aromatic rings. The molecule has 2 nitrogen and oxygen atoms in total. The van der Waals surface area contributed by atoms with Crippen LogP contribution in [-0.4, -0.2) is 32.6 Å². The predicted molar refractivity (Wildman–Crippen MR) is 142 cm³/mol. The summed E-state index contributed by atoms with van der Waals surface area (Å²) in [4.78, 5) is 0. The van der Waals surface area contributed by atoms with Gasteiger partial charge in [0.1, 0.15) is 23.2 Å². The standard InChI is InChI=1S/C19H18P.C6H14O.C4H8O.BrH/c1-20(17-11-5-2-6-12-17,18-13-7-3-8-14-18)19-15-9-4-10-16-19;1-4-6(5-2)7-3;1-2-4-3-5-4;/h2-16H,1H3;6H,4-5H2,1-3H3;4H,2-3H2,1H3;1H/q+1;;;/p-1. The van der Waals surface area contributed by atoms with E-state index in [9.17, 15) is 0 Å². The molecule has 1 aliphatic heterocycles. The highest BCUT2D eigenvalue weighted by molar-refractivity contribution is 7.95. The number of hydrogen-bond donors (Lipinski definition) is 0. The molecular weight excluding hydrogens is 491 g/mol. The molecule has 1 atom stereocenters. The molecule has 0 aliphatic carbocycles. The van der Waals surface area contributed by atoms with Crippen LogP contribution in [0.25, 0.3) is 0 Å². The van der Waals surface area contributed by atoms with Crippen molar-refractivity contribution < 1.29 is 26.5 Å². The van der Waals surface area contributed by atoms with Crippen molar-refractivity contribution in [3.8, 4) is 0 Å². The molecule has 33 heavy (non-hydrogen) atoms. The number of rotatable bonds is 7. The Morgan fingerprint density at radius 1 is 0.758 bits per heavy atom. The summed E-state index contributed by atoms with van der Waals surface area (Å²) in [5.74, 6) is 0. The molecule has 0 radical (unpaired) electrons. The quantitative estimate of drug-likeness (QED) is 0.345. The number of epoxide rings is 1. The van der Waals surface area contributed by atoms with Gasteiger partial charge in [-0.3, -0.25) is 0 Å². The summed E-state index contributed by atoms with van der Waals surface area (Å²) in [6, 6.07) is 32.6. The Bertz CT molecular complexity index is 748. The lowest BCUT2D eigenvalue weighted by Crippen LogP contribution is -3.00. The molecular formula is C29H40BrO2P. The Balaban J connectivity index is 0.000000347. The maximum absolute atomic E-state index is 5.05. The molecule has 4 rings (SSSR count). The van der Waals surface area contributed by atoms with Crippen LogP contribution in [0.4, 0.5) is 0 Å². The fourth-order valence-electron chi connectivity index (χ4n) is 3.55. The molecule has 1 aliphatic rings. The Labute approximate surface area is 212 Å². The molecule has 1 heterocycles. The van der Waals surface area contributed by atoms with Crippen LogP contribution in [0.1, 0.15) is 40.0 Å². The fourth-order valence-corrected chi connectivity index (χ4v) is 6.75. The largest absolute Gasteiger partial charge is 1.00 e. The predicted octanol–water partition coefficient (Wildman–Crippen LogP) is 3.23. The fraction of sp³-hybridized carbons (Fsp3) is 0.379. The molecule has 1 fully saturated rings. The number of hydrogen-bond acceptors (Lipinski definition) is 2. The van der Waals surface area contributed by atoms with Gasteiger partial charge in [0.25, 0.3) is 0 Å². The number of methoxy groups -OCH3 is 1. The van der Waals surface area contributed by atoms with Gasteiger partial charge in [0.2, 0.25) is 0 Å². The van der Waals surface area contributed by atoms with E-state index < -0.39 is 7.26 Å². The monoisotopic (exact) mass is 530 g/mol. The number of ether oxygens (including phenoxy) is 2. The van der Waals surface area contributed by atoms with Gasteiger partial charge in [-0.05, 0) is 55.7 Å². The molecule has 0 saturated carbocycles. The van der Waals surface area contributed by atoms with Gasteiger partial charge in [0, 0.05) is 7.11 Å². The summed E-state index contributed by atoms with van der Waals surface area (Å²) in [5.41, 5.74) is 0. The second kappa shape index (κ2) is 16.2. The lowest BCUT2D eigenvalue weighted by atomic mass is 10.2. The third-order valence-corrected chi connectivity index (χ3v) is 9.91. The Morgan fingerprint density at radius 3 is 1.24 bits per heavy atom. The highest BCUT2D eigenvalue weighted by Gasteiger charge is 2.39. The first-order valence-electron chi connectivity index (χ1n) is 11.8. The third kappa shape index (κ3) is 9.33. The summed E-state index contributed by atoms with van der Waals surface area (Å²) in [6.07, 6.45) is 4.58. The van der Waals surface area contributed by atoms with Crippen LogP contribution in [0.15, 0.2) is 91.0 Å². The lowest BCUT2D eigenvalue weighted by molar-refractivity contribution is -0.00000796. The van der Waals surface area contributed by atoms with Crippen molar-refractivity contribution >= 4 is 23.2 Å². The van der Waals surface area contributed by atoms with E-state index in [1.54, 1.807) is 7.11 Å². The Hall–Kier alpha value is -1.51. The van der Waals surface area contributed by atoms with E-state index in [2.05, 4.69) is 118 Å². The molecule has 0 N–H and O–H groups in total. The first kappa shape index (κ1) is 29.5. The van der Waals surface area contributed by atoms with Gasteiger partial charge >= 0.3 is 0 Å². The van der Waals surface area contributed by atoms with Crippen molar-refractivity contribution in [3.63, 3.8) is 0 Å². The second-order valence-corrected chi connectivity index (χ2v) is 11.6. The van der Waals surface area contributed by atoms with Gasteiger partial charge < -0.3 is 26.5 Å². The average Bonchev–Trinajstić information content (AvgIpc) is 3.72. The molecule has 1 unspecified atom stereocenters. The molecule has 0 bridgehead atoms. The van der Waals surface area contributed by atoms with E-state index in [1.807, 2.05) is 0 Å². The maximum Gasteiger partial charge on any atom is 0.109 e. The van der Waals surface area contributed by atoms with Crippen molar-refractivity contribution in [2.45, 2.75) is 52.2 Å². The zero-order chi connectivity index (χ0) is 23.2. The van der Waals surface area contributed by atoms with Gasteiger partial charge in [-0.1, -0.05) is 75.4 Å². The summed E-state index contributed by atoms with van der Waals surface area (Å²) >= 11 is 0. The van der Waals surface area contributed by atoms with Gasteiger partial charge in [-0.25, -0.2) is 0 Å². The van der Waals surface area contributed by atoms with Crippen molar-refractivity contribution in [2.75, 3.05) is 20.4 Å². The van der Waals surface area contributed by atoms with Crippen LogP contribution in [0, 0.1) is 0 Å². The van der Waals surface area contributed by atoms with Gasteiger partial charge in [-0.15, -0.1) is 0 Å². The Kier molecular flexibility index (Phi) is 14.5. The summed E-state index contributed by atoms with van der Waals surface area (Å²) in [7, 11) is 0.235. The molecule has 0 amide bonds. The van der Waals surface area contributed by atoms with E-state index in [4.69, 9.17) is 9.47 Å². The van der Waals surface area contributed by atoms with Gasteiger partial charge in [-0.2, -0.15) is 0 Å². The van der Waals surface area contributed by atoms with Crippen LogP contribution in [0.2, 0.25) is 0 Å². The average molecular weight is 532 g/mol. The minimum absolute atomic E-state index is 0. The topological polar surface area (TPSA) is 21.8 Å². The maximum atomic E-state index is 5.05. The third-order valence-electron chi connectivity index (χ3n) is 5.92. The summed E-state index contributed by atoms with van der Waals surface area (Å²) in [5, 5.41) is 4.28. The molecule has 3 aromatic carbocycles. The number of benzene rings is 3. The van der Waals surface area contributed by atoms with E-state index >= 15 is 0 Å². The molecule has 1 saturated heterocycles. The number of halogens is 1. The summed E-state index contributed by atoms with van der Waals surface area (Å²) < 4.78 is 9.91. The molecule has 4 heteroatoms. The minimum atomic E-state index is -1.53. The highest BCUT2D eigenvalue weighted by atomic mass is 79.9. The Morgan fingerprint density at radius 2 is 1.09 bits per heavy atom. The van der Waals surface area contributed by atoms with Crippen molar-refractivity contribution in [1.82, 2.24) is 0 Å². The van der Waals surface area contributed by atoms with Crippen LogP contribution in [0.3, 0.4) is 0 Å². The molecule has 180 valence electrons. The normalized spacial score (nSPS) is 14.2. The zero-order valence-corrected chi connectivity index (χ0v) is 23.3. The molecule has 0 spiro atoms. The smallest absolute Gasteiger partial charge is 0.109 e. The van der Waals surface area contributed by atoms with Crippen molar-refractivity contribution in [1.29, 1.82) is 0 Å². The van der Waals surface area contributed by atoms with E-state index in [0.717, 1.165) is 19.4 Å². The lowest BCUT2D eigenvalue weighted by Gasteiger charge is -2.22. The second-order valence-electron chi connectivity index (χ2n) is 8.05. The molecule has 0 aromatic heterocycles. The van der Waals surface area contributed by atoms with Crippen LogP contribution in [0.5, 0.6) is 0 Å². The van der Waals surface area contributed by atoms with Gasteiger partial charge in [0.05, 0.1) is 25.5 Å². The zero-order valence-electron chi connectivity index (χ0n) is 20.8. The van der Waals surface area contributed by atoms with Crippen LogP contribution >= 0.6 is 7.26 Å². The SMILES string of the molecule is CCC(CC)OC.CCC1CO1.C[P+](c1ccccc1)(c1ccccc1)c1ccccc1.[Br-]. The minimum Gasteiger partial charge on any atom is -1.00 e. The highest BCUT2D eigenvalue weighted by Crippen LogP contribution is 2.51. The van der Waals surface area contributed by atoms with E-state index in [0.29, 0.717) is 12.2 Å². The first-order chi connectivity index (χ1) is 15.6. The van der Waals surface area contributed by atoms with Crippen molar-refractivity contribution in [2.24, 2.45) is 0 Å². The van der Waals surface area contributed by atoms with E-state index in [1.165, 1.54) is 22.3 Å². The van der Waals surface area contributed by atoms with Crippen molar-refractivity contribution in [3.05, 3.63) is 91.0 Å². The summed E-state index contributed by atoms with van der Waals surface area (Å²) in [6.45, 7) is 9.83. The van der Waals surface area contributed by atoms with E-state index in [-0.39, 0.29) is 17.0 Å². The first-order valence-corrected chi connectivity index (χ1v) is 14.0. The van der Waals surface area contributed by atoms with Gasteiger partial charge in [0.15, 0.2) is 0 Å².